The van der Waals surface area contributed by atoms with Crippen LogP contribution in [0.5, 0.6) is 0 Å². The molecule has 1 unspecified atom stereocenters. The van der Waals surface area contributed by atoms with Gasteiger partial charge in [-0.2, -0.15) is 0 Å². The van der Waals surface area contributed by atoms with Crippen LogP contribution < -0.4 is 0 Å². The molecule has 0 aromatic rings. The third-order valence-electron chi connectivity index (χ3n) is 1.05. The van der Waals surface area contributed by atoms with Crippen LogP contribution in [-0.4, -0.2) is 30.9 Å². The first-order chi connectivity index (χ1) is 6.00. The summed E-state index contributed by atoms with van der Waals surface area (Å²) in [6, 6.07) is 0. The van der Waals surface area contributed by atoms with Crippen LogP contribution in [-0.2, 0) is 8.61 Å². The van der Waals surface area contributed by atoms with Gasteiger partial charge in [0.05, 0.1) is 0 Å². The minimum absolute atomic E-state index is 1.48. The zero-order valence-corrected chi connectivity index (χ0v) is 7.96. The van der Waals surface area contributed by atoms with Crippen molar-refractivity contribution in [1.82, 2.24) is 0 Å². The van der Waals surface area contributed by atoms with E-state index in [1.54, 1.807) is 18.2 Å². The first-order valence-electron chi connectivity index (χ1n) is 3.20. The van der Waals surface area contributed by atoms with Gasteiger partial charge in [-0.25, -0.2) is 0 Å². The monoisotopic (exact) mass is 258 g/mol. The van der Waals surface area contributed by atoms with Crippen molar-refractivity contribution in [2.24, 2.45) is 0 Å². The van der Waals surface area contributed by atoms with Crippen molar-refractivity contribution in [3.05, 3.63) is 23.2 Å². The summed E-state index contributed by atoms with van der Waals surface area (Å²) in [5, 5.41) is 0. The molecule has 2 nitrogen and oxygen atoms in total. The molecule has 1 heterocycles. The van der Waals surface area contributed by atoms with E-state index in [9.17, 15) is 18.0 Å². The summed E-state index contributed by atoms with van der Waals surface area (Å²) < 4.78 is 39.3. The number of allylic oxidation sites excluding steroid dienone is 3. The molecule has 0 aromatic carbocycles. The molecule has 0 radical (unpaired) electrons. The van der Waals surface area contributed by atoms with Crippen LogP contribution in [0.3, 0.4) is 0 Å². The Bertz CT molecular complexity index is 301. The van der Waals surface area contributed by atoms with Crippen LogP contribution >= 0.6 is 0 Å². The van der Waals surface area contributed by atoms with E-state index < -0.39 is 25.9 Å². The molecule has 0 bridgehead atoms. The summed E-state index contributed by atoms with van der Waals surface area (Å²) in [5.74, 6) is -2.12. The third kappa shape index (κ3) is 3.16. The van der Waals surface area contributed by atoms with E-state index in [2.05, 4.69) is 3.82 Å². The standard InChI is InChI=1S/C7H5F3O2Se/c8-7(9,10)6(11)12-13-4-2-1-3-5-13/h1-5H. The second-order valence-corrected chi connectivity index (χ2v) is 4.92. The Morgan fingerprint density at radius 2 is 1.92 bits per heavy atom. The average molecular weight is 257 g/mol. The molecule has 72 valence electrons. The molecule has 1 atom stereocenters. The molecule has 1 rings (SSSR count). The Hall–Kier alpha value is -0.871. The number of carbonyl (C=O) groups is 1. The van der Waals surface area contributed by atoms with Gasteiger partial charge in [0.25, 0.3) is 0 Å². The van der Waals surface area contributed by atoms with E-state index in [4.69, 9.17) is 0 Å². The second kappa shape index (κ2) is 3.89. The number of carbonyl (C=O) groups excluding carboxylic acids is 1. The molecular weight excluding hydrogens is 252 g/mol. The Morgan fingerprint density at radius 1 is 1.23 bits per heavy atom. The molecule has 1 aliphatic rings. The molecule has 0 N–H and O–H groups in total. The van der Waals surface area contributed by atoms with Crippen molar-refractivity contribution in [2.75, 3.05) is 0 Å². The first-order valence-corrected chi connectivity index (χ1v) is 5.87. The predicted molar refractivity (Wildman–Crippen MR) is 42.2 cm³/mol. The molecule has 0 saturated carbocycles. The fourth-order valence-corrected chi connectivity index (χ4v) is 2.56. The summed E-state index contributed by atoms with van der Waals surface area (Å²) in [6.45, 7) is 0. The van der Waals surface area contributed by atoms with Crippen molar-refractivity contribution in [3.63, 3.8) is 0 Å². The molecule has 0 fully saturated rings. The molecule has 0 aliphatic carbocycles. The number of halogens is 3. The number of hydrogen-bond acceptors (Lipinski definition) is 2. The second-order valence-electron chi connectivity index (χ2n) is 2.05. The van der Waals surface area contributed by atoms with Crippen molar-refractivity contribution in [3.8, 4) is 0 Å². The molecule has 0 amide bonds. The maximum atomic E-state index is 11.7. The van der Waals surface area contributed by atoms with Gasteiger partial charge in [0, 0.05) is 0 Å². The van der Waals surface area contributed by atoms with Crippen LogP contribution in [0.4, 0.5) is 13.2 Å². The van der Waals surface area contributed by atoms with Crippen LogP contribution in [0.1, 0.15) is 0 Å². The van der Waals surface area contributed by atoms with Gasteiger partial charge >= 0.3 is 75.8 Å². The fraction of sp³-hybridized carbons (Fsp3) is 0.143. The van der Waals surface area contributed by atoms with Gasteiger partial charge in [-0.3, -0.25) is 0 Å². The summed E-state index contributed by atoms with van der Waals surface area (Å²) in [6.07, 6.45) is -0.115. The van der Waals surface area contributed by atoms with Gasteiger partial charge in [-0.15, -0.1) is 0 Å². The van der Waals surface area contributed by atoms with Crippen molar-refractivity contribution < 1.29 is 21.8 Å². The molecule has 0 spiro atoms. The van der Waals surface area contributed by atoms with Gasteiger partial charge in [0.1, 0.15) is 0 Å². The minimum atomic E-state index is -4.90. The van der Waals surface area contributed by atoms with E-state index in [1.165, 1.54) is 9.89 Å². The quantitative estimate of drug-likeness (QED) is 0.658. The van der Waals surface area contributed by atoms with Crippen molar-refractivity contribution in [2.45, 2.75) is 6.18 Å². The van der Waals surface area contributed by atoms with Crippen molar-refractivity contribution >= 4 is 24.7 Å². The molecular formula is C7H5F3O2Se. The Morgan fingerprint density at radius 3 is 2.38 bits per heavy atom. The van der Waals surface area contributed by atoms with Gasteiger partial charge < -0.3 is 0 Å². The van der Waals surface area contributed by atoms with Gasteiger partial charge in [-0.1, -0.05) is 0 Å². The third-order valence-corrected chi connectivity index (χ3v) is 3.56. The number of alkyl halides is 3. The van der Waals surface area contributed by atoms with E-state index >= 15 is 0 Å². The first kappa shape index (κ1) is 10.2. The molecule has 6 heteroatoms. The SMILES string of the molecule is O=C(O[Se]1=CC=CC=C1)C(F)(F)F. The molecule has 1 aliphatic heterocycles. The zero-order valence-electron chi connectivity index (χ0n) is 6.25. The normalized spacial score (nSPS) is 21.0. The molecule has 0 aromatic heterocycles. The Labute approximate surface area is 76.4 Å². The summed E-state index contributed by atoms with van der Waals surface area (Å²) >= 11 is -2.11. The van der Waals surface area contributed by atoms with Gasteiger partial charge in [0.2, 0.25) is 0 Å². The number of rotatable bonds is 1. The van der Waals surface area contributed by atoms with Crippen LogP contribution in [0.2, 0.25) is 0 Å². The average Bonchev–Trinajstić information content (AvgIpc) is 2.04. The van der Waals surface area contributed by atoms with Crippen LogP contribution in [0.25, 0.3) is 0 Å². The van der Waals surface area contributed by atoms with E-state index in [0.717, 1.165) is 0 Å². The van der Waals surface area contributed by atoms with Crippen molar-refractivity contribution in [1.29, 1.82) is 0 Å². The van der Waals surface area contributed by atoms with Gasteiger partial charge in [-0.05, 0) is 0 Å². The summed E-state index contributed by atoms with van der Waals surface area (Å²) in [4.78, 5) is 13.3. The fourth-order valence-electron chi connectivity index (χ4n) is 0.545. The van der Waals surface area contributed by atoms with Crippen LogP contribution in [0, 0.1) is 0 Å². The summed E-state index contributed by atoms with van der Waals surface area (Å²) in [5.41, 5.74) is 0. The maximum absolute atomic E-state index is 11.7. The Kier molecular flexibility index (Phi) is 3.06. The van der Waals surface area contributed by atoms with E-state index in [-0.39, 0.29) is 0 Å². The van der Waals surface area contributed by atoms with Crippen LogP contribution in [0.15, 0.2) is 23.2 Å². The van der Waals surface area contributed by atoms with E-state index in [0.29, 0.717) is 0 Å². The molecule has 0 saturated heterocycles. The number of hydrogen-bond donors (Lipinski definition) is 0. The summed E-state index contributed by atoms with van der Waals surface area (Å²) in [7, 11) is 0. The molecule has 13 heavy (non-hydrogen) atoms. The zero-order chi connectivity index (χ0) is 9.90. The Balaban J connectivity index is 2.60. The topological polar surface area (TPSA) is 26.3 Å². The predicted octanol–water partition coefficient (Wildman–Crippen LogP) is 1.13. The van der Waals surface area contributed by atoms with Gasteiger partial charge in [0.15, 0.2) is 0 Å². The van der Waals surface area contributed by atoms with E-state index in [1.807, 2.05) is 0 Å².